The first-order valence-electron chi connectivity index (χ1n) is 5.07. The van der Waals surface area contributed by atoms with Crippen molar-refractivity contribution in [1.29, 1.82) is 0 Å². The molecule has 0 aromatic heterocycles. The molecule has 0 amide bonds. The van der Waals surface area contributed by atoms with E-state index in [0.29, 0.717) is 11.1 Å². The minimum Gasteiger partial charge on any atom is -0.404 e. The Hall–Kier alpha value is -1.49. The molecule has 0 N–H and O–H groups in total. The van der Waals surface area contributed by atoms with E-state index >= 15 is 0 Å². The molecule has 2 rings (SSSR count). The van der Waals surface area contributed by atoms with Gasteiger partial charge in [0.1, 0.15) is 0 Å². The van der Waals surface area contributed by atoms with Gasteiger partial charge in [-0.05, 0) is 27.6 Å². The topological polar surface area (TPSA) is 9.23 Å². The van der Waals surface area contributed by atoms with Gasteiger partial charge in [-0.3, -0.25) is 0 Å². The standard InChI is InChI=1S/C13H8BrF3O/c14-11-8-4-7-10(9-5-2-1-3-6-9)12(11)18-13(15,16)17/h1-8H. The third-order valence-corrected chi connectivity index (χ3v) is 2.89. The molecule has 18 heavy (non-hydrogen) atoms. The largest absolute Gasteiger partial charge is 0.573 e. The van der Waals surface area contributed by atoms with E-state index in [0.717, 1.165) is 0 Å². The SMILES string of the molecule is FC(F)(F)Oc1c(Br)cccc1-c1ccccc1. The summed E-state index contributed by atoms with van der Waals surface area (Å²) in [5.74, 6) is -0.226. The minimum absolute atomic E-state index is 0.226. The summed E-state index contributed by atoms with van der Waals surface area (Å²) < 4.78 is 41.5. The first kappa shape index (κ1) is 13.0. The van der Waals surface area contributed by atoms with Crippen LogP contribution in [-0.2, 0) is 0 Å². The van der Waals surface area contributed by atoms with Crippen LogP contribution in [0.25, 0.3) is 11.1 Å². The van der Waals surface area contributed by atoms with Crippen molar-refractivity contribution in [2.45, 2.75) is 6.36 Å². The average molecular weight is 317 g/mol. The second-order valence-electron chi connectivity index (χ2n) is 3.53. The first-order chi connectivity index (χ1) is 8.47. The zero-order valence-electron chi connectivity index (χ0n) is 9.04. The predicted molar refractivity (Wildman–Crippen MR) is 66.3 cm³/mol. The molecule has 1 nitrogen and oxygen atoms in total. The van der Waals surface area contributed by atoms with E-state index in [1.165, 1.54) is 6.07 Å². The van der Waals surface area contributed by atoms with Crippen molar-refractivity contribution in [2.75, 3.05) is 0 Å². The molecule has 0 aliphatic heterocycles. The highest BCUT2D eigenvalue weighted by molar-refractivity contribution is 9.10. The van der Waals surface area contributed by atoms with Crippen molar-refractivity contribution in [3.05, 3.63) is 53.0 Å². The van der Waals surface area contributed by atoms with Gasteiger partial charge in [0.2, 0.25) is 0 Å². The molecule has 0 radical (unpaired) electrons. The van der Waals surface area contributed by atoms with Crippen molar-refractivity contribution in [3.8, 4) is 16.9 Å². The van der Waals surface area contributed by atoms with Crippen molar-refractivity contribution < 1.29 is 17.9 Å². The van der Waals surface area contributed by atoms with Crippen LogP contribution in [0.2, 0.25) is 0 Å². The molecule has 0 unspecified atom stereocenters. The molecule has 0 aliphatic rings. The summed E-state index contributed by atoms with van der Waals surface area (Å²) in [7, 11) is 0. The Morgan fingerprint density at radius 1 is 0.889 bits per heavy atom. The Bertz CT molecular complexity index is 538. The molecule has 2 aromatic carbocycles. The predicted octanol–water partition coefficient (Wildman–Crippen LogP) is 5.01. The molecule has 0 bridgehead atoms. The van der Waals surface area contributed by atoms with Crippen LogP contribution in [0.4, 0.5) is 13.2 Å². The number of halogens is 4. The number of rotatable bonds is 2. The maximum Gasteiger partial charge on any atom is 0.573 e. The molecule has 0 atom stereocenters. The van der Waals surface area contributed by atoms with Crippen LogP contribution in [0.15, 0.2) is 53.0 Å². The number of benzene rings is 2. The Morgan fingerprint density at radius 2 is 1.56 bits per heavy atom. The summed E-state index contributed by atoms with van der Waals surface area (Å²) in [5, 5.41) is 0. The maximum atomic E-state index is 12.4. The van der Waals surface area contributed by atoms with Crippen LogP contribution < -0.4 is 4.74 Å². The Balaban J connectivity index is 2.51. The minimum atomic E-state index is -4.71. The van der Waals surface area contributed by atoms with Gasteiger partial charge in [-0.15, -0.1) is 13.2 Å². The van der Waals surface area contributed by atoms with Crippen molar-refractivity contribution in [2.24, 2.45) is 0 Å². The summed E-state index contributed by atoms with van der Waals surface area (Å²) in [6.07, 6.45) is -4.71. The van der Waals surface area contributed by atoms with Crippen LogP contribution >= 0.6 is 15.9 Å². The van der Waals surface area contributed by atoms with Gasteiger partial charge in [0.25, 0.3) is 0 Å². The maximum absolute atomic E-state index is 12.4. The molecule has 0 heterocycles. The Morgan fingerprint density at radius 3 is 2.17 bits per heavy atom. The fraction of sp³-hybridized carbons (Fsp3) is 0.0769. The lowest BCUT2D eigenvalue weighted by molar-refractivity contribution is -0.274. The number of hydrogen-bond acceptors (Lipinski definition) is 1. The van der Waals surface area contributed by atoms with Crippen LogP contribution in [0.5, 0.6) is 5.75 Å². The van der Waals surface area contributed by atoms with Crippen LogP contribution in [-0.4, -0.2) is 6.36 Å². The molecule has 2 aromatic rings. The van der Waals surface area contributed by atoms with E-state index < -0.39 is 6.36 Å². The molecular formula is C13H8BrF3O. The lowest BCUT2D eigenvalue weighted by Gasteiger charge is -2.14. The van der Waals surface area contributed by atoms with Gasteiger partial charge in [-0.25, -0.2) is 0 Å². The lowest BCUT2D eigenvalue weighted by Crippen LogP contribution is -2.18. The third kappa shape index (κ3) is 3.04. The molecule has 0 saturated carbocycles. The highest BCUT2D eigenvalue weighted by atomic mass is 79.9. The molecule has 0 spiro atoms. The van der Waals surface area contributed by atoms with Gasteiger partial charge in [-0.1, -0.05) is 42.5 Å². The van der Waals surface area contributed by atoms with Gasteiger partial charge >= 0.3 is 6.36 Å². The van der Waals surface area contributed by atoms with E-state index in [-0.39, 0.29) is 10.2 Å². The summed E-state index contributed by atoms with van der Waals surface area (Å²) in [6.45, 7) is 0. The smallest absolute Gasteiger partial charge is 0.404 e. The van der Waals surface area contributed by atoms with E-state index in [2.05, 4.69) is 20.7 Å². The average Bonchev–Trinajstić information content (AvgIpc) is 2.31. The molecular weight excluding hydrogens is 309 g/mol. The van der Waals surface area contributed by atoms with Crippen LogP contribution in [0, 0.1) is 0 Å². The zero-order chi connectivity index (χ0) is 13.2. The Kier molecular flexibility index (Phi) is 3.61. The van der Waals surface area contributed by atoms with E-state index in [4.69, 9.17) is 0 Å². The van der Waals surface area contributed by atoms with Gasteiger partial charge in [0, 0.05) is 5.56 Å². The number of para-hydroxylation sites is 1. The quantitative estimate of drug-likeness (QED) is 0.756. The molecule has 94 valence electrons. The summed E-state index contributed by atoms with van der Waals surface area (Å²) in [4.78, 5) is 0. The molecule has 0 fully saturated rings. The van der Waals surface area contributed by atoms with Gasteiger partial charge in [0.05, 0.1) is 4.47 Å². The third-order valence-electron chi connectivity index (χ3n) is 2.27. The van der Waals surface area contributed by atoms with Gasteiger partial charge < -0.3 is 4.74 Å². The summed E-state index contributed by atoms with van der Waals surface area (Å²) in [6, 6.07) is 13.5. The highest BCUT2D eigenvalue weighted by Crippen LogP contribution is 2.39. The number of alkyl halides is 3. The molecule has 5 heteroatoms. The number of hydrogen-bond donors (Lipinski definition) is 0. The monoisotopic (exact) mass is 316 g/mol. The first-order valence-corrected chi connectivity index (χ1v) is 5.86. The highest BCUT2D eigenvalue weighted by Gasteiger charge is 2.33. The van der Waals surface area contributed by atoms with E-state index in [1.54, 1.807) is 42.5 Å². The second-order valence-corrected chi connectivity index (χ2v) is 4.38. The van der Waals surface area contributed by atoms with E-state index in [9.17, 15) is 13.2 Å². The lowest BCUT2D eigenvalue weighted by atomic mass is 10.1. The fourth-order valence-electron chi connectivity index (χ4n) is 1.57. The normalized spacial score (nSPS) is 11.3. The fourth-order valence-corrected chi connectivity index (χ4v) is 2.02. The second kappa shape index (κ2) is 5.02. The number of ether oxygens (including phenoxy) is 1. The summed E-state index contributed by atoms with van der Waals surface area (Å²) >= 11 is 3.07. The Labute approximate surface area is 110 Å². The van der Waals surface area contributed by atoms with Crippen molar-refractivity contribution in [3.63, 3.8) is 0 Å². The van der Waals surface area contributed by atoms with Crippen LogP contribution in [0.1, 0.15) is 0 Å². The molecule has 0 saturated heterocycles. The van der Waals surface area contributed by atoms with Gasteiger partial charge in [0.15, 0.2) is 5.75 Å². The van der Waals surface area contributed by atoms with Crippen LogP contribution in [0.3, 0.4) is 0 Å². The van der Waals surface area contributed by atoms with Crippen molar-refractivity contribution in [1.82, 2.24) is 0 Å². The van der Waals surface area contributed by atoms with Crippen molar-refractivity contribution >= 4 is 15.9 Å². The van der Waals surface area contributed by atoms with E-state index in [1.807, 2.05) is 0 Å². The summed E-state index contributed by atoms with van der Waals surface area (Å²) in [5.41, 5.74) is 1.06. The van der Waals surface area contributed by atoms with Gasteiger partial charge in [-0.2, -0.15) is 0 Å². The zero-order valence-corrected chi connectivity index (χ0v) is 10.6. The molecule has 0 aliphatic carbocycles.